The van der Waals surface area contributed by atoms with Crippen molar-refractivity contribution < 1.29 is 4.79 Å². The standard InChI is InChI=1S/C19H21N3O/c23-19-18-14-20-9-10-21(18)11-12-22(19)17-8-4-7-16(13-17)15-5-2-1-3-6-15/h1-8,13,18,20H,9-12,14H2/t18-/m1/s1. The van der Waals surface area contributed by atoms with Crippen LogP contribution in [0.15, 0.2) is 54.6 Å². The van der Waals surface area contributed by atoms with Crippen molar-refractivity contribution in [2.45, 2.75) is 6.04 Å². The number of rotatable bonds is 2. The summed E-state index contributed by atoms with van der Waals surface area (Å²) in [5.74, 6) is 0.216. The third-order valence-electron chi connectivity index (χ3n) is 4.78. The van der Waals surface area contributed by atoms with Crippen LogP contribution in [0.3, 0.4) is 0 Å². The summed E-state index contributed by atoms with van der Waals surface area (Å²) in [4.78, 5) is 17.1. The van der Waals surface area contributed by atoms with Gasteiger partial charge in [0.15, 0.2) is 0 Å². The molecule has 1 N–H and O–H groups in total. The lowest BCUT2D eigenvalue weighted by atomic mass is 10.0. The van der Waals surface area contributed by atoms with Crippen molar-refractivity contribution in [2.24, 2.45) is 0 Å². The maximum absolute atomic E-state index is 12.9. The minimum Gasteiger partial charge on any atom is -0.313 e. The first-order valence-corrected chi connectivity index (χ1v) is 8.24. The molecule has 2 fully saturated rings. The molecule has 0 spiro atoms. The van der Waals surface area contributed by atoms with Crippen molar-refractivity contribution in [3.8, 4) is 11.1 Å². The van der Waals surface area contributed by atoms with Crippen LogP contribution in [0.25, 0.3) is 11.1 Å². The van der Waals surface area contributed by atoms with Crippen molar-refractivity contribution in [2.75, 3.05) is 37.6 Å². The number of anilines is 1. The Hall–Kier alpha value is -2.17. The minimum atomic E-state index is -0.0159. The normalized spacial score (nSPS) is 22.0. The second-order valence-corrected chi connectivity index (χ2v) is 6.16. The van der Waals surface area contributed by atoms with Crippen molar-refractivity contribution in [3.05, 3.63) is 54.6 Å². The molecule has 4 heteroatoms. The minimum absolute atomic E-state index is 0.0159. The number of carbonyl (C=O) groups is 1. The Morgan fingerprint density at radius 1 is 0.913 bits per heavy atom. The smallest absolute Gasteiger partial charge is 0.245 e. The molecule has 2 heterocycles. The van der Waals surface area contributed by atoms with Crippen LogP contribution < -0.4 is 10.2 Å². The van der Waals surface area contributed by atoms with E-state index < -0.39 is 0 Å². The van der Waals surface area contributed by atoms with Gasteiger partial charge in [0.25, 0.3) is 0 Å². The number of hydrogen-bond acceptors (Lipinski definition) is 3. The van der Waals surface area contributed by atoms with Crippen molar-refractivity contribution in [3.63, 3.8) is 0 Å². The second-order valence-electron chi connectivity index (χ2n) is 6.16. The van der Waals surface area contributed by atoms with Crippen molar-refractivity contribution in [1.29, 1.82) is 0 Å². The first-order valence-electron chi connectivity index (χ1n) is 8.24. The van der Waals surface area contributed by atoms with Gasteiger partial charge >= 0.3 is 0 Å². The van der Waals surface area contributed by atoms with E-state index in [1.54, 1.807) is 0 Å². The number of nitrogens with zero attached hydrogens (tertiary/aromatic N) is 2. The van der Waals surface area contributed by atoms with E-state index >= 15 is 0 Å². The Labute approximate surface area is 136 Å². The highest BCUT2D eigenvalue weighted by Gasteiger charge is 2.36. The highest BCUT2D eigenvalue weighted by Crippen LogP contribution is 2.27. The molecule has 2 aromatic carbocycles. The first kappa shape index (κ1) is 14.4. The van der Waals surface area contributed by atoms with Gasteiger partial charge in [-0.2, -0.15) is 0 Å². The predicted octanol–water partition coefficient (Wildman–Crippen LogP) is 1.97. The molecule has 2 aliphatic heterocycles. The molecule has 0 aliphatic carbocycles. The van der Waals surface area contributed by atoms with Gasteiger partial charge in [0.05, 0.1) is 0 Å². The zero-order valence-corrected chi connectivity index (χ0v) is 13.1. The average molecular weight is 307 g/mol. The second kappa shape index (κ2) is 6.14. The van der Waals surface area contributed by atoms with Crippen molar-refractivity contribution >= 4 is 11.6 Å². The van der Waals surface area contributed by atoms with E-state index in [0.717, 1.165) is 44.0 Å². The van der Waals surface area contributed by atoms with Gasteiger partial charge in [0.2, 0.25) is 5.91 Å². The van der Waals surface area contributed by atoms with Crippen LogP contribution in [0.1, 0.15) is 0 Å². The maximum atomic E-state index is 12.9. The summed E-state index contributed by atoms with van der Waals surface area (Å²) in [5, 5.41) is 3.33. The average Bonchev–Trinajstić information content (AvgIpc) is 2.63. The van der Waals surface area contributed by atoms with Crippen LogP contribution in [-0.2, 0) is 4.79 Å². The molecule has 2 aliphatic rings. The largest absolute Gasteiger partial charge is 0.313 e. The number of nitrogens with one attached hydrogen (secondary N) is 1. The van der Waals surface area contributed by atoms with E-state index in [-0.39, 0.29) is 11.9 Å². The van der Waals surface area contributed by atoms with E-state index in [1.807, 2.05) is 35.2 Å². The number of hydrogen-bond donors (Lipinski definition) is 1. The van der Waals surface area contributed by atoms with Gasteiger partial charge in [-0.15, -0.1) is 0 Å². The number of carbonyl (C=O) groups excluding carboxylic acids is 1. The summed E-state index contributed by atoms with van der Waals surface area (Å²) in [7, 11) is 0. The quantitative estimate of drug-likeness (QED) is 0.921. The van der Waals surface area contributed by atoms with Gasteiger partial charge in [-0.25, -0.2) is 0 Å². The molecule has 4 nitrogen and oxygen atoms in total. The van der Waals surface area contributed by atoms with E-state index in [2.05, 4.69) is 34.5 Å². The molecule has 0 bridgehead atoms. The van der Waals surface area contributed by atoms with Crippen LogP contribution in [0, 0.1) is 0 Å². The van der Waals surface area contributed by atoms with E-state index in [1.165, 1.54) is 5.56 Å². The molecule has 1 atom stereocenters. The lowest BCUT2D eigenvalue weighted by Gasteiger charge is -2.43. The van der Waals surface area contributed by atoms with E-state index in [9.17, 15) is 4.79 Å². The maximum Gasteiger partial charge on any atom is 0.245 e. The molecule has 0 radical (unpaired) electrons. The SMILES string of the molecule is O=C1[C@H]2CNCCN2CCN1c1cccc(-c2ccccc2)c1. The Morgan fingerprint density at radius 2 is 1.74 bits per heavy atom. The summed E-state index contributed by atoms with van der Waals surface area (Å²) < 4.78 is 0. The monoisotopic (exact) mass is 307 g/mol. The first-order chi connectivity index (χ1) is 11.3. The Morgan fingerprint density at radius 3 is 2.61 bits per heavy atom. The highest BCUT2D eigenvalue weighted by molar-refractivity contribution is 5.98. The zero-order valence-electron chi connectivity index (χ0n) is 13.1. The lowest BCUT2D eigenvalue weighted by Crippen LogP contribution is -2.64. The molecule has 118 valence electrons. The summed E-state index contributed by atoms with van der Waals surface area (Å²) >= 11 is 0. The molecule has 2 saturated heterocycles. The van der Waals surface area contributed by atoms with E-state index in [0.29, 0.717) is 0 Å². The number of fused-ring (bicyclic) bond motifs is 1. The lowest BCUT2D eigenvalue weighted by molar-refractivity contribution is -0.126. The van der Waals surface area contributed by atoms with Crippen LogP contribution in [0.5, 0.6) is 0 Å². The van der Waals surface area contributed by atoms with Gasteiger partial charge < -0.3 is 10.2 Å². The highest BCUT2D eigenvalue weighted by atomic mass is 16.2. The molecule has 4 rings (SSSR count). The number of piperazine rings is 2. The number of amides is 1. The van der Waals surface area contributed by atoms with Crippen LogP contribution in [0.2, 0.25) is 0 Å². The van der Waals surface area contributed by atoms with Crippen LogP contribution in [-0.4, -0.2) is 49.6 Å². The summed E-state index contributed by atoms with van der Waals surface area (Å²) in [5.41, 5.74) is 3.33. The van der Waals surface area contributed by atoms with Gasteiger partial charge in [-0.05, 0) is 23.3 Å². The zero-order chi connectivity index (χ0) is 15.6. The molecule has 1 amide bonds. The molecule has 23 heavy (non-hydrogen) atoms. The summed E-state index contributed by atoms with van der Waals surface area (Å²) in [6.45, 7) is 4.43. The summed E-state index contributed by atoms with van der Waals surface area (Å²) in [6.07, 6.45) is 0. The van der Waals surface area contributed by atoms with Crippen LogP contribution in [0.4, 0.5) is 5.69 Å². The van der Waals surface area contributed by atoms with Gasteiger partial charge in [-0.1, -0.05) is 42.5 Å². The fourth-order valence-corrected chi connectivity index (χ4v) is 3.52. The summed E-state index contributed by atoms with van der Waals surface area (Å²) in [6, 6.07) is 18.6. The van der Waals surface area contributed by atoms with Gasteiger partial charge in [0.1, 0.15) is 6.04 Å². The fraction of sp³-hybridized carbons (Fsp3) is 0.316. The molecule has 2 aromatic rings. The molecule has 0 saturated carbocycles. The Balaban J connectivity index is 1.62. The molecular weight excluding hydrogens is 286 g/mol. The molecule has 0 unspecified atom stereocenters. The topological polar surface area (TPSA) is 35.6 Å². The Kier molecular flexibility index (Phi) is 3.85. The third kappa shape index (κ3) is 2.76. The number of benzene rings is 2. The van der Waals surface area contributed by atoms with Crippen LogP contribution >= 0.6 is 0 Å². The van der Waals surface area contributed by atoms with E-state index in [4.69, 9.17) is 0 Å². The van der Waals surface area contributed by atoms with Gasteiger partial charge in [-0.3, -0.25) is 9.69 Å². The van der Waals surface area contributed by atoms with Gasteiger partial charge in [0, 0.05) is 38.4 Å². The van der Waals surface area contributed by atoms with Crippen molar-refractivity contribution in [1.82, 2.24) is 10.2 Å². The molecule has 0 aromatic heterocycles. The Bertz CT molecular complexity index is 701. The molecular formula is C19H21N3O. The third-order valence-corrected chi connectivity index (χ3v) is 4.78. The predicted molar refractivity (Wildman–Crippen MR) is 92.5 cm³/mol. The fourth-order valence-electron chi connectivity index (χ4n) is 3.52.